The second kappa shape index (κ2) is 13.3. The minimum absolute atomic E-state index is 0. The van der Waals surface area contributed by atoms with Crippen LogP contribution in [0.1, 0.15) is 26.7 Å². The molecule has 8 heteroatoms. The van der Waals surface area contributed by atoms with Gasteiger partial charge >= 0.3 is 0 Å². The zero-order chi connectivity index (χ0) is 18.8. The molecule has 154 valence electrons. The van der Waals surface area contributed by atoms with E-state index >= 15 is 0 Å². The van der Waals surface area contributed by atoms with Crippen molar-refractivity contribution in [1.82, 2.24) is 10.6 Å². The van der Waals surface area contributed by atoms with E-state index in [1.807, 2.05) is 25.1 Å². The maximum Gasteiger partial charge on any atom is 0.191 e. The average Bonchev–Trinajstić information content (AvgIpc) is 3.10. The third kappa shape index (κ3) is 7.91. The molecular weight excluding hydrogens is 479 g/mol. The van der Waals surface area contributed by atoms with Gasteiger partial charge in [0.2, 0.25) is 0 Å². The van der Waals surface area contributed by atoms with Gasteiger partial charge in [0.1, 0.15) is 5.75 Å². The van der Waals surface area contributed by atoms with E-state index in [-0.39, 0.29) is 24.0 Å². The molecule has 1 aromatic rings. The zero-order valence-electron chi connectivity index (χ0n) is 16.5. The number of methoxy groups -OCH3 is 1. The highest BCUT2D eigenvalue weighted by molar-refractivity contribution is 14.0. The van der Waals surface area contributed by atoms with Gasteiger partial charge in [0.15, 0.2) is 5.96 Å². The van der Waals surface area contributed by atoms with Gasteiger partial charge in [-0.2, -0.15) is 0 Å². The van der Waals surface area contributed by atoms with Crippen LogP contribution in [-0.4, -0.2) is 58.5 Å². The van der Waals surface area contributed by atoms with Crippen LogP contribution < -0.4 is 20.3 Å². The Hall–Kier alpha value is -0.930. The van der Waals surface area contributed by atoms with Crippen LogP contribution in [0.5, 0.6) is 5.75 Å². The molecule has 1 heterocycles. The highest BCUT2D eigenvalue weighted by Gasteiger charge is 2.25. The van der Waals surface area contributed by atoms with E-state index in [0.29, 0.717) is 6.04 Å². The fourth-order valence-corrected chi connectivity index (χ4v) is 3.19. The molecule has 6 nitrogen and oxygen atoms in total. The van der Waals surface area contributed by atoms with Crippen LogP contribution in [0.2, 0.25) is 5.02 Å². The van der Waals surface area contributed by atoms with Crippen LogP contribution in [0.15, 0.2) is 23.2 Å². The third-order valence-electron chi connectivity index (χ3n) is 4.28. The van der Waals surface area contributed by atoms with Crippen molar-refractivity contribution < 1.29 is 9.47 Å². The molecule has 0 aromatic heterocycles. The zero-order valence-corrected chi connectivity index (χ0v) is 19.5. The van der Waals surface area contributed by atoms with E-state index in [9.17, 15) is 0 Å². The summed E-state index contributed by atoms with van der Waals surface area (Å²) in [6.07, 6.45) is 1.97. The van der Waals surface area contributed by atoms with Gasteiger partial charge in [0.25, 0.3) is 0 Å². The first-order valence-electron chi connectivity index (χ1n) is 9.39. The van der Waals surface area contributed by atoms with Gasteiger partial charge in [-0.15, -0.1) is 24.0 Å². The van der Waals surface area contributed by atoms with E-state index in [2.05, 4.69) is 27.4 Å². The van der Waals surface area contributed by atoms with Crippen LogP contribution in [0.3, 0.4) is 0 Å². The lowest BCUT2D eigenvalue weighted by atomic mass is 10.2. The standard InChI is InChI=1S/C19H31ClN4O2.HI/c1-4-21-19(22-10-6-12-26-5-2)23-16-9-11-24(14-16)17-13-15(20)7-8-18(17)25-3;/h7-8,13,16H,4-6,9-12,14H2,1-3H3,(H2,21,22,23);1H. The molecule has 1 unspecified atom stereocenters. The molecule has 1 aliphatic heterocycles. The van der Waals surface area contributed by atoms with E-state index in [1.165, 1.54) is 0 Å². The van der Waals surface area contributed by atoms with Crippen molar-refractivity contribution in [2.24, 2.45) is 4.99 Å². The van der Waals surface area contributed by atoms with E-state index in [0.717, 1.165) is 74.7 Å². The SMILES string of the molecule is CCNC(=NCCCOCC)NC1CCN(c2cc(Cl)ccc2OC)C1.I. The normalized spacial score (nSPS) is 16.8. The van der Waals surface area contributed by atoms with E-state index < -0.39 is 0 Å². The second-order valence-electron chi connectivity index (χ2n) is 6.20. The van der Waals surface area contributed by atoms with Gasteiger partial charge in [0.05, 0.1) is 12.8 Å². The smallest absolute Gasteiger partial charge is 0.191 e. The Balaban J connectivity index is 0.00000364. The fraction of sp³-hybridized carbons (Fsp3) is 0.632. The Morgan fingerprint density at radius 1 is 1.37 bits per heavy atom. The van der Waals surface area contributed by atoms with Crippen LogP contribution in [0.4, 0.5) is 5.69 Å². The Bertz CT molecular complexity index is 589. The molecule has 1 atom stereocenters. The number of benzene rings is 1. The van der Waals surface area contributed by atoms with Crippen molar-refractivity contribution in [2.45, 2.75) is 32.7 Å². The van der Waals surface area contributed by atoms with Crippen LogP contribution in [-0.2, 0) is 4.74 Å². The first-order chi connectivity index (χ1) is 12.7. The Kier molecular flexibility index (Phi) is 11.9. The van der Waals surface area contributed by atoms with Gasteiger partial charge in [-0.25, -0.2) is 0 Å². The maximum absolute atomic E-state index is 6.17. The molecule has 2 N–H and O–H groups in total. The first-order valence-corrected chi connectivity index (χ1v) is 9.76. The molecule has 0 aliphatic carbocycles. The minimum atomic E-state index is 0. The summed E-state index contributed by atoms with van der Waals surface area (Å²) in [5.41, 5.74) is 1.04. The van der Waals surface area contributed by atoms with Crippen LogP contribution in [0.25, 0.3) is 0 Å². The van der Waals surface area contributed by atoms with Crippen molar-refractivity contribution in [2.75, 3.05) is 51.4 Å². The number of hydrogen-bond acceptors (Lipinski definition) is 4. The second-order valence-corrected chi connectivity index (χ2v) is 6.64. The van der Waals surface area contributed by atoms with Gasteiger partial charge in [-0.3, -0.25) is 4.99 Å². The quantitative estimate of drug-likeness (QED) is 0.230. The monoisotopic (exact) mass is 510 g/mol. The lowest BCUT2D eigenvalue weighted by molar-refractivity contribution is 0.146. The molecule has 0 spiro atoms. The van der Waals surface area contributed by atoms with Gasteiger partial charge < -0.3 is 25.0 Å². The first kappa shape index (κ1) is 24.1. The number of ether oxygens (including phenoxy) is 2. The predicted octanol–water partition coefficient (Wildman–Crippen LogP) is 3.53. The predicted molar refractivity (Wildman–Crippen MR) is 124 cm³/mol. The number of guanidine groups is 1. The number of nitrogens with one attached hydrogen (secondary N) is 2. The third-order valence-corrected chi connectivity index (χ3v) is 4.51. The minimum Gasteiger partial charge on any atom is -0.495 e. The van der Waals surface area contributed by atoms with E-state index in [1.54, 1.807) is 7.11 Å². The highest BCUT2D eigenvalue weighted by Crippen LogP contribution is 2.33. The number of hydrogen-bond donors (Lipinski definition) is 2. The molecule has 0 amide bonds. The van der Waals surface area contributed by atoms with Crippen LogP contribution >= 0.6 is 35.6 Å². The summed E-state index contributed by atoms with van der Waals surface area (Å²) in [5.74, 6) is 1.72. The summed E-state index contributed by atoms with van der Waals surface area (Å²) in [4.78, 5) is 6.95. The number of nitrogens with zero attached hydrogens (tertiary/aromatic N) is 2. The van der Waals surface area contributed by atoms with Gasteiger partial charge in [-0.05, 0) is 44.9 Å². The molecule has 0 bridgehead atoms. The lowest BCUT2D eigenvalue weighted by Gasteiger charge is -2.22. The molecule has 27 heavy (non-hydrogen) atoms. The summed E-state index contributed by atoms with van der Waals surface area (Å²) in [5, 5.41) is 7.59. The maximum atomic E-state index is 6.17. The molecule has 2 rings (SSSR count). The van der Waals surface area contributed by atoms with Gasteiger partial charge in [0, 0.05) is 50.5 Å². The number of aliphatic imine (C=N–C) groups is 1. The van der Waals surface area contributed by atoms with E-state index in [4.69, 9.17) is 21.1 Å². The highest BCUT2D eigenvalue weighted by atomic mass is 127. The fourth-order valence-electron chi connectivity index (χ4n) is 3.02. The number of anilines is 1. The Morgan fingerprint density at radius 3 is 2.89 bits per heavy atom. The summed E-state index contributed by atoms with van der Waals surface area (Å²) < 4.78 is 10.8. The average molecular weight is 511 g/mol. The van der Waals surface area contributed by atoms with Crippen molar-refractivity contribution in [3.8, 4) is 5.75 Å². The van der Waals surface area contributed by atoms with Crippen molar-refractivity contribution in [1.29, 1.82) is 0 Å². The molecule has 1 saturated heterocycles. The summed E-state index contributed by atoms with van der Waals surface area (Å²) in [6.45, 7) is 9.05. The molecule has 1 aliphatic rings. The lowest BCUT2D eigenvalue weighted by Crippen LogP contribution is -2.44. The summed E-state index contributed by atoms with van der Waals surface area (Å²) in [7, 11) is 1.69. The Labute approximate surface area is 185 Å². The summed E-state index contributed by atoms with van der Waals surface area (Å²) >= 11 is 6.17. The van der Waals surface area contributed by atoms with Gasteiger partial charge in [-0.1, -0.05) is 11.6 Å². The molecule has 1 aromatic carbocycles. The molecule has 1 fully saturated rings. The van der Waals surface area contributed by atoms with Crippen molar-refractivity contribution >= 4 is 47.2 Å². The molecular formula is C19H32ClIN4O2. The van der Waals surface area contributed by atoms with Crippen molar-refractivity contribution in [3.05, 3.63) is 23.2 Å². The number of rotatable bonds is 9. The molecule has 0 radical (unpaired) electrons. The summed E-state index contributed by atoms with van der Waals surface area (Å²) in [6, 6.07) is 6.08. The van der Waals surface area contributed by atoms with Crippen molar-refractivity contribution in [3.63, 3.8) is 0 Å². The topological polar surface area (TPSA) is 58.1 Å². The molecule has 0 saturated carbocycles. The Morgan fingerprint density at radius 2 is 2.19 bits per heavy atom. The number of halogens is 2. The largest absolute Gasteiger partial charge is 0.495 e. The van der Waals surface area contributed by atoms with Crippen LogP contribution in [0, 0.1) is 0 Å².